The van der Waals surface area contributed by atoms with E-state index in [2.05, 4.69) is 0 Å². The van der Waals surface area contributed by atoms with Crippen molar-refractivity contribution in [2.75, 3.05) is 7.11 Å². The predicted molar refractivity (Wildman–Crippen MR) is 69.0 cm³/mol. The van der Waals surface area contributed by atoms with Crippen LogP contribution in [0.1, 0.15) is 16.1 Å². The van der Waals surface area contributed by atoms with E-state index in [-0.39, 0.29) is 5.69 Å². The Morgan fingerprint density at radius 3 is 2.67 bits per heavy atom. The van der Waals surface area contributed by atoms with Gasteiger partial charge < -0.3 is 14.4 Å². The van der Waals surface area contributed by atoms with Gasteiger partial charge in [0.1, 0.15) is 11.4 Å². The molecule has 2 rings (SSSR count). The molecule has 1 aromatic carbocycles. The number of halogens is 1. The van der Waals surface area contributed by atoms with E-state index in [9.17, 15) is 4.79 Å². The minimum Gasteiger partial charge on any atom is -0.497 e. The van der Waals surface area contributed by atoms with Crippen LogP contribution in [-0.4, -0.2) is 22.8 Å². The predicted octanol–water partition coefficient (Wildman–Crippen LogP) is 3.15. The summed E-state index contributed by atoms with van der Waals surface area (Å²) in [5.74, 6) is -0.288. The lowest BCUT2D eigenvalue weighted by Gasteiger charge is -2.11. The molecule has 2 aromatic rings. The molecule has 0 fully saturated rings. The van der Waals surface area contributed by atoms with Crippen molar-refractivity contribution in [3.63, 3.8) is 0 Å². The third-order valence-corrected chi connectivity index (χ3v) is 2.88. The number of carboxylic acid groups (broad SMARTS) is 1. The van der Waals surface area contributed by atoms with Crippen LogP contribution in [0.4, 0.5) is 0 Å². The molecule has 1 heterocycles. The molecule has 0 saturated carbocycles. The summed E-state index contributed by atoms with van der Waals surface area (Å²) in [6, 6.07) is 6.85. The Hall–Kier alpha value is -1.94. The van der Waals surface area contributed by atoms with E-state index in [1.165, 1.54) is 6.07 Å². The highest BCUT2D eigenvalue weighted by atomic mass is 35.5. The van der Waals surface area contributed by atoms with Gasteiger partial charge in [0.25, 0.3) is 0 Å². The molecule has 0 saturated heterocycles. The summed E-state index contributed by atoms with van der Waals surface area (Å²) in [7, 11) is 1.59. The number of benzene rings is 1. The second-order valence-electron chi connectivity index (χ2n) is 3.87. The van der Waals surface area contributed by atoms with Crippen molar-refractivity contribution >= 4 is 17.6 Å². The lowest BCUT2D eigenvalue weighted by atomic mass is 10.2. The summed E-state index contributed by atoms with van der Waals surface area (Å²) in [4.78, 5) is 11.1. The average Bonchev–Trinajstić information content (AvgIpc) is 2.71. The van der Waals surface area contributed by atoms with Gasteiger partial charge in [-0.2, -0.15) is 0 Å². The fraction of sp³-hybridized carbons (Fsp3) is 0.154. The fourth-order valence-corrected chi connectivity index (χ4v) is 2.02. The summed E-state index contributed by atoms with van der Waals surface area (Å²) in [6.45, 7) is 1.89. The summed E-state index contributed by atoms with van der Waals surface area (Å²) in [6.07, 6.45) is 1.58. The van der Waals surface area contributed by atoms with Gasteiger partial charge in [-0.05, 0) is 36.8 Å². The van der Waals surface area contributed by atoms with Gasteiger partial charge in [0.2, 0.25) is 0 Å². The first kappa shape index (κ1) is 12.5. The van der Waals surface area contributed by atoms with Crippen LogP contribution in [0.5, 0.6) is 5.75 Å². The van der Waals surface area contributed by atoms with Gasteiger partial charge in [-0.15, -0.1) is 0 Å². The first-order valence-corrected chi connectivity index (χ1v) is 5.67. The number of aromatic nitrogens is 1. The topological polar surface area (TPSA) is 51.5 Å². The highest BCUT2D eigenvalue weighted by Gasteiger charge is 2.14. The summed E-state index contributed by atoms with van der Waals surface area (Å²) < 4.78 is 6.67. The van der Waals surface area contributed by atoms with Crippen LogP contribution in [0.3, 0.4) is 0 Å². The number of methoxy groups -OCH3 is 1. The normalized spacial score (nSPS) is 10.4. The summed E-state index contributed by atoms with van der Waals surface area (Å²) >= 11 is 5.86. The monoisotopic (exact) mass is 265 g/mol. The highest BCUT2D eigenvalue weighted by Crippen LogP contribution is 2.24. The van der Waals surface area contributed by atoms with E-state index in [1.54, 1.807) is 30.0 Å². The average molecular weight is 266 g/mol. The quantitative estimate of drug-likeness (QED) is 0.927. The number of carbonyl (C=O) groups is 1. The molecule has 0 spiro atoms. The second-order valence-corrected chi connectivity index (χ2v) is 4.31. The molecule has 0 aliphatic carbocycles. The molecule has 4 nitrogen and oxygen atoms in total. The molecular weight excluding hydrogens is 254 g/mol. The second kappa shape index (κ2) is 4.74. The number of hydrogen-bond donors (Lipinski definition) is 1. The van der Waals surface area contributed by atoms with Gasteiger partial charge >= 0.3 is 5.97 Å². The summed E-state index contributed by atoms with van der Waals surface area (Å²) in [5, 5.41) is 9.52. The number of hydrogen-bond acceptors (Lipinski definition) is 2. The zero-order chi connectivity index (χ0) is 13.3. The van der Waals surface area contributed by atoms with Crippen molar-refractivity contribution in [2.24, 2.45) is 0 Å². The van der Waals surface area contributed by atoms with E-state index < -0.39 is 5.97 Å². The van der Waals surface area contributed by atoms with Gasteiger partial charge in [-0.3, -0.25) is 0 Å². The SMILES string of the molecule is COc1ccc(-n2cc(Cl)cc2C(=O)O)c(C)c1. The third-order valence-electron chi connectivity index (χ3n) is 2.67. The standard InChI is InChI=1S/C13H12ClNO3/c1-8-5-10(18-2)3-4-11(8)15-7-9(14)6-12(15)13(16)17/h3-7H,1-2H3,(H,16,17). The maximum atomic E-state index is 11.1. The zero-order valence-electron chi connectivity index (χ0n) is 9.98. The molecule has 94 valence electrons. The Morgan fingerprint density at radius 2 is 2.11 bits per heavy atom. The Balaban J connectivity index is 2.58. The molecule has 1 aromatic heterocycles. The maximum absolute atomic E-state index is 11.1. The van der Waals surface area contributed by atoms with Gasteiger partial charge in [-0.25, -0.2) is 4.79 Å². The zero-order valence-corrected chi connectivity index (χ0v) is 10.7. The van der Waals surface area contributed by atoms with Crippen molar-refractivity contribution in [3.8, 4) is 11.4 Å². The molecule has 0 unspecified atom stereocenters. The van der Waals surface area contributed by atoms with Gasteiger partial charge in [0.05, 0.1) is 12.1 Å². The number of aromatic carboxylic acids is 1. The van der Waals surface area contributed by atoms with Crippen LogP contribution >= 0.6 is 11.6 Å². The van der Waals surface area contributed by atoms with Crippen LogP contribution in [-0.2, 0) is 0 Å². The molecular formula is C13H12ClNO3. The van der Waals surface area contributed by atoms with Crippen molar-refractivity contribution in [1.82, 2.24) is 4.57 Å². The van der Waals surface area contributed by atoms with Crippen LogP contribution in [0.2, 0.25) is 5.02 Å². The minimum atomic E-state index is -1.02. The molecule has 0 aliphatic heterocycles. The van der Waals surface area contributed by atoms with Crippen molar-refractivity contribution in [2.45, 2.75) is 6.92 Å². The van der Waals surface area contributed by atoms with Crippen LogP contribution in [0.25, 0.3) is 5.69 Å². The van der Waals surface area contributed by atoms with Gasteiger partial charge in [0.15, 0.2) is 0 Å². The number of nitrogens with zero attached hydrogens (tertiary/aromatic N) is 1. The van der Waals surface area contributed by atoms with E-state index in [4.69, 9.17) is 21.4 Å². The number of carboxylic acids is 1. The van der Waals surface area contributed by atoms with Gasteiger partial charge in [-0.1, -0.05) is 11.6 Å². The third kappa shape index (κ3) is 2.19. The molecule has 1 N–H and O–H groups in total. The van der Waals surface area contributed by atoms with Crippen LogP contribution in [0, 0.1) is 6.92 Å². The Morgan fingerprint density at radius 1 is 1.39 bits per heavy atom. The van der Waals surface area contributed by atoms with Crippen LogP contribution in [0.15, 0.2) is 30.5 Å². The van der Waals surface area contributed by atoms with Crippen molar-refractivity contribution < 1.29 is 14.6 Å². The number of aryl methyl sites for hydroxylation is 1. The highest BCUT2D eigenvalue weighted by molar-refractivity contribution is 6.31. The Bertz CT molecular complexity index is 604. The van der Waals surface area contributed by atoms with E-state index >= 15 is 0 Å². The molecule has 0 bridgehead atoms. The van der Waals surface area contributed by atoms with Gasteiger partial charge in [0, 0.05) is 11.9 Å². The smallest absolute Gasteiger partial charge is 0.352 e. The first-order chi connectivity index (χ1) is 8.52. The number of ether oxygens (including phenoxy) is 1. The maximum Gasteiger partial charge on any atom is 0.352 e. The first-order valence-electron chi connectivity index (χ1n) is 5.29. The number of rotatable bonds is 3. The molecule has 5 heteroatoms. The Kier molecular flexibility index (Phi) is 3.30. The Labute approximate surface area is 109 Å². The lowest BCUT2D eigenvalue weighted by molar-refractivity contribution is 0.0688. The van der Waals surface area contributed by atoms with Crippen molar-refractivity contribution in [1.29, 1.82) is 0 Å². The van der Waals surface area contributed by atoms with Crippen molar-refractivity contribution in [3.05, 3.63) is 46.7 Å². The van der Waals surface area contributed by atoms with Crippen LogP contribution < -0.4 is 4.74 Å². The largest absolute Gasteiger partial charge is 0.497 e. The molecule has 18 heavy (non-hydrogen) atoms. The summed E-state index contributed by atoms with van der Waals surface area (Å²) in [5.41, 5.74) is 1.80. The van der Waals surface area contributed by atoms with E-state index in [1.807, 2.05) is 13.0 Å². The molecule has 0 atom stereocenters. The molecule has 0 amide bonds. The fourth-order valence-electron chi connectivity index (χ4n) is 1.82. The molecule has 0 aliphatic rings. The lowest BCUT2D eigenvalue weighted by Crippen LogP contribution is -2.06. The van der Waals surface area contributed by atoms with E-state index in [0.717, 1.165) is 17.0 Å². The molecule has 0 radical (unpaired) electrons. The minimum absolute atomic E-state index is 0.133. The van der Waals surface area contributed by atoms with E-state index in [0.29, 0.717) is 5.02 Å².